The molecule has 3 rings (SSSR count). The molecule has 0 amide bonds. The van der Waals surface area contributed by atoms with Gasteiger partial charge >= 0.3 is 0 Å². The molecule has 2 N–H and O–H groups in total. The molecule has 0 bridgehead atoms. The lowest BCUT2D eigenvalue weighted by atomic mass is 10.2. The molecule has 134 valence electrons. The van der Waals surface area contributed by atoms with Gasteiger partial charge in [-0.3, -0.25) is 4.90 Å². The molecule has 0 aromatic heterocycles. The summed E-state index contributed by atoms with van der Waals surface area (Å²) in [4.78, 5) is 4.58. The smallest absolute Gasteiger partial charge is 0.115 e. The van der Waals surface area contributed by atoms with Crippen LogP contribution in [0.15, 0.2) is 24.3 Å². The van der Waals surface area contributed by atoms with Crippen molar-refractivity contribution in [2.24, 2.45) is 0 Å². The van der Waals surface area contributed by atoms with Crippen LogP contribution in [-0.4, -0.2) is 79.9 Å². The quantitative estimate of drug-likeness (QED) is 0.777. The number of β-amino-alcohol motifs (C(OH)–C–C–N with tert-alkyl or cyclic N) is 1. The zero-order valence-corrected chi connectivity index (χ0v) is 14.1. The van der Waals surface area contributed by atoms with Crippen LogP contribution in [0.5, 0.6) is 5.75 Å². The lowest BCUT2D eigenvalue weighted by Gasteiger charge is -2.36. The van der Waals surface area contributed by atoms with Crippen LogP contribution in [0.4, 0.5) is 5.69 Å². The maximum Gasteiger partial charge on any atom is 0.115 e. The van der Waals surface area contributed by atoms with Gasteiger partial charge < -0.3 is 24.6 Å². The largest absolute Gasteiger partial charge is 0.508 e. The fourth-order valence-corrected chi connectivity index (χ4v) is 3.31. The zero-order valence-electron chi connectivity index (χ0n) is 14.1. The van der Waals surface area contributed by atoms with Crippen LogP contribution in [0.2, 0.25) is 0 Å². The summed E-state index contributed by atoms with van der Waals surface area (Å²) >= 11 is 0. The van der Waals surface area contributed by atoms with E-state index in [1.807, 2.05) is 12.1 Å². The molecule has 2 unspecified atom stereocenters. The van der Waals surface area contributed by atoms with Crippen molar-refractivity contribution in [2.75, 3.05) is 57.4 Å². The Kier molecular flexibility index (Phi) is 6.31. The molecule has 0 radical (unpaired) electrons. The zero-order chi connectivity index (χ0) is 16.8. The van der Waals surface area contributed by atoms with E-state index in [-0.39, 0.29) is 6.10 Å². The van der Waals surface area contributed by atoms with E-state index < -0.39 is 6.10 Å². The van der Waals surface area contributed by atoms with Crippen molar-refractivity contribution in [1.82, 2.24) is 4.90 Å². The van der Waals surface area contributed by atoms with E-state index in [0.29, 0.717) is 25.5 Å². The fraction of sp³-hybridized carbons (Fsp3) is 0.667. The van der Waals surface area contributed by atoms with Crippen molar-refractivity contribution in [2.45, 2.75) is 25.0 Å². The molecule has 0 aliphatic carbocycles. The summed E-state index contributed by atoms with van der Waals surface area (Å²) in [5, 5.41) is 19.5. The Balaban J connectivity index is 1.33. The normalized spacial score (nSPS) is 23.5. The first kappa shape index (κ1) is 17.5. The van der Waals surface area contributed by atoms with Crippen molar-refractivity contribution in [3.8, 4) is 5.75 Å². The molecule has 1 aromatic carbocycles. The van der Waals surface area contributed by atoms with Gasteiger partial charge in [-0.25, -0.2) is 0 Å². The second kappa shape index (κ2) is 8.67. The Morgan fingerprint density at radius 2 is 1.92 bits per heavy atom. The van der Waals surface area contributed by atoms with Crippen LogP contribution in [0.3, 0.4) is 0 Å². The summed E-state index contributed by atoms with van der Waals surface area (Å²) in [6.45, 7) is 6.14. The van der Waals surface area contributed by atoms with Crippen molar-refractivity contribution >= 4 is 5.69 Å². The average Bonchev–Trinajstić information content (AvgIpc) is 3.10. The predicted molar refractivity (Wildman–Crippen MR) is 92.6 cm³/mol. The molecule has 24 heavy (non-hydrogen) atoms. The van der Waals surface area contributed by atoms with Crippen LogP contribution in [0, 0.1) is 0 Å². The Labute approximate surface area is 143 Å². The summed E-state index contributed by atoms with van der Waals surface area (Å²) in [6, 6.07) is 7.32. The fourth-order valence-electron chi connectivity index (χ4n) is 3.31. The summed E-state index contributed by atoms with van der Waals surface area (Å²) < 4.78 is 11.1. The maximum absolute atomic E-state index is 10.1. The molecule has 2 heterocycles. The van der Waals surface area contributed by atoms with E-state index in [0.717, 1.165) is 51.3 Å². The lowest BCUT2D eigenvalue weighted by Crippen LogP contribution is -2.49. The number of aromatic hydroxyl groups is 1. The molecule has 0 spiro atoms. The number of phenols is 1. The minimum absolute atomic E-state index is 0.214. The summed E-state index contributed by atoms with van der Waals surface area (Å²) in [5.41, 5.74) is 1.13. The number of aliphatic hydroxyl groups is 1. The third kappa shape index (κ3) is 5.08. The third-order valence-electron chi connectivity index (χ3n) is 4.69. The SMILES string of the molecule is Oc1ccc(N2CCN(CC(O)COCC3CCCO3)CC2)cc1. The Morgan fingerprint density at radius 1 is 1.17 bits per heavy atom. The third-order valence-corrected chi connectivity index (χ3v) is 4.69. The molecule has 6 heteroatoms. The summed E-state index contributed by atoms with van der Waals surface area (Å²) in [5.74, 6) is 0.295. The maximum atomic E-state index is 10.1. The number of anilines is 1. The molecule has 6 nitrogen and oxygen atoms in total. The molecule has 2 saturated heterocycles. The minimum atomic E-state index is -0.452. The van der Waals surface area contributed by atoms with Gasteiger partial charge in [0.2, 0.25) is 0 Å². The monoisotopic (exact) mass is 336 g/mol. The lowest BCUT2D eigenvalue weighted by molar-refractivity contribution is -0.0254. The average molecular weight is 336 g/mol. The number of rotatable bonds is 7. The number of benzene rings is 1. The predicted octanol–water partition coefficient (Wildman–Crippen LogP) is 1.07. The summed E-state index contributed by atoms with van der Waals surface area (Å²) in [6.07, 6.45) is 1.94. The highest BCUT2D eigenvalue weighted by molar-refractivity contribution is 5.49. The molecule has 2 atom stereocenters. The highest BCUT2D eigenvalue weighted by Crippen LogP contribution is 2.20. The van der Waals surface area contributed by atoms with Gasteiger partial charge in [-0.1, -0.05) is 0 Å². The van der Waals surface area contributed by atoms with Gasteiger partial charge in [0.15, 0.2) is 0 Å². The van der Waals surface area contributed by atoms with Crippen LogP contribution >= 0.6 is 0 Å². The number of ether oxygens (including phenoxy) is 2. The first-order chi connectivity index (χ1) is 11.7. The van der Waals surface area contributed by atoms with Gasteiger partial charge in [-0.05, 0) is 37.1 Å². The molecule has 2 aliphatic rings. The molecule has 2 aliphatic heterocycles. The second-order valence-electron chi connectivity index (χ2n) is 6.63. The van der Waals surface area contributed by atoms with Gasteiger partial charge in [-0.15, -0.1) is 0 Å². The molecule has 2 fully saturated rings. The second-order valence-corrected chi connectivity index (χ2v) is 6.63. The van der Waals surface area contributed by atoms with Crippen molar-refractivity contribution < 1.29 is 19.7 Å². The van der Waals surface area contributed by atoms with E-state index in [1.165, 1.54) is 0 Å². The minimum Gasteiger partial charge on any atom is -0.508 e. The molecule has 0 saturated carbocycles. The Bertz CT molecular complexity index is 482. The van der Waals surface area contributed by atoms with Crippen molar-refractivity contribution in [3.05, 3.63) is 24.3 Å². The topological polar surface area (TPSA) is 65.4 Å². The highest BCUT2D eigenvalue weighted by Gasteiger charge is 2.20. The number of nitrogens with zero attached hydrogens (tertiary/aromatic N) is 2. The van der Waals surface area contributed by atoms with E-state index in [4.69, 9.17) is 9.47 Å². The highest BCUT2D eigenvalue weighted by atomic mass is 16.5. The number of aliphatic hydroxyl groups excluding tert-OH is 1. The van der Waals surface area contributed by atoms with Gasteiger partial charge in [-0.2, -0.15) is 0 Å². The van der Waals surface area contributed by atoms with Gasteiger partial charge in [0.1, 0.15) is 5.75 Å². The van der Waals surface area contributed by atoms with Crippen molar-refractivity contribution in [3.63, 3.8) is 0 Å². The Morgan fingerprint density at radius 3 is 2.58 bits per heavy atom. The van der Waals surface area contributed by atoms with E-state index in [2.05, 4.69) is 9.80 Å². The van der Waals surface area contributed by atoms with Crippen LogP contribution in [0.25, 0.3) is 0 Å². The molecular formula is C18H28N2O4. The van der Waals surface area contributed by atoms with E-state index >= 15 is 0 Å². The first-order valence-electron chi connectivity index (χ1n) is 8.84. The number of piperazine rings is 1. The van der Waals surface area contributed by atoms with E-state index in [9.17, 15) is 10.2 Å². The van der Waals surface area contributed by atoms with Crippen LogP contribution < -0.4 is 4.90 Å². The Hall–Kier alpha value is -1.34. The number of hydrogen-bond acceptors (Lipinski definition) is 6. The van der Waals surface area contributed by atoms with Gasteiger partial charge in [0.05, 0.1) is 25.4 Å². The molecule has 1 aromatic rings. The first-order valence-corrected chi connectivity index (χ1v) is 8.84. The van der Waals surface area contributed by atoms with Gasteiger partial charge in [0, 0.05) is 45.0 Å². The number of hydrogen-bond donors (Lipinski definition) is 2. The summed E-state index contributed by atoms with van der Waals surface area (Å²) in [7, 11) is 0. The van der Waals surface area contributed by atoms with E-state index in [1.54, 1.807) is 12.1 Å². The van der Waals surface area contributed by atoms with Gasteiger partial charge in [0.25, 0.3) is 0 Å². The standard InChI is InChI=1S/C18H28N2O4/c21-16-5-3-15(4-6-16)20-9-7-19(8-10-20)12-17(22)13-23-14-18-2-1-11-24-18/h3-6,17-18,21-22H,1-2,7-14H2. The van der Waals surface area contributed by atoms with Crippen molar-refractivity contribution in [1.29, 1.82) is 0 Å². The molecular weight excluding hydrogens is 308 g/mol. The van der Waals surface area contributed by atoms with Crippen LogP contribution in [-0.2, 0) is 9.47 Å². The number of phenolic OH excluding ortho intramolecular Hbond substituents is 1. The van der Waals surface area contributed by atoms with Crippen LogP contribution in [0.1, 0.15) is 12.8 Å².